The molecule has 2 aliphatic heterocycles. The normalized spacial score (nSPS) is 20.9. The molecule has 2 fully saturated rings. The molecular formula is C18H20N2O5. The maximum Gasteiger partial charge on any atom is 0.308 e. The molecule has 0 radical (unpaired) electrons. The van der Waals surface area contributed by atoms with Gasteiger partial charge in [-0.3, -0.25) is 24.1 Å². The molecule has 2 heterocycles. The Morgan fingerprint density at radius 1 is 1.08 bits per heavy atom. The largest absolute Gasteiger partial charge is 0.481 e. The summed E-state index contributed by atoms with van der Waals surface area (Å²) in [5.74, 6) is -1.90. The number of benzene rings is 1. The first kappa shape index (κ1) is 17.1. The average Bonchev–Trinajstić information content (AvgIpc) is 2.94. The van der Waals surface area contributed by atoms with E-state index in [4.69, 9.17) is 5.11 Å². The lowest BCUT2D eigenvalue weighted by molar-refractivity contribution is -0.143. The number of carboxylic acids is 1. The predicted molar refractivity (Wildman–Crippen MR) is 87.5 cm³/mol. The van der Waals surface area contributed by atoms with Gasteiger partial charge in [0, 0.05) is 31.5 Å². The van der Waals surface area contributed by atoms with Crippen molar-refractivity contribution in [2.24, 2.45) is 5.92 Å². The van der Waals surface area contributed by atoms with E-state index in [0.29, 0.717) is 24.9 Å². The van der Waals surface area contributed by atoms with Gasteiger partial charge in [0.15, 0.2) is 0 Å². The molecule has 1 atom stereocenters. The van der Waals surface area contributed by atoms with Crippen LogP contribution in [-0.2, 0) is 20.9 Å². The zero-order valence-corrected chi connectivity index (χ0v) is 13.8. The number of carbonyl (C=O) groups excluding carboxylic acids is 3. The second-order valence-electron chi connectivity index (χ2n) is 6.50. The van der Waals surface area contributed by atoms with E-state index in [1.807, 2.05) is 0 Å². The van der Waals surface area contributed by atoms with Crippen molar-refractivity contribution in [1.82, 2.24) is 9.80 Å². The van der Waals surface area contributed by atoms with Crippen molar-refractivity contribution in [3.63, 3.8) is 0 Å². The molecule has 1 aromatic rings. The standard InChI is InChI=1S/C18H20N2O5/c21-15-7-8-16(22)20(15)10-12-3-5-13(6-4-12)17(23)19-9-1-2-14(11-19)18(24)25/h3-6,14H,1-2,7-11H2,(H,24,25). The number of carbonyl (C=O) groups is 4. The average molecular weight is 344 g/mol. The number of imide groups is 1. The van der Waals surface area contributed by atoms with Crippen LogP contribution in [0.5, 0.6) is 0 Å². The minimum Gasteiger partial charge on any atom is -0.481 e. The quantitative estimate of drug-likeness (QED) is 0.830. The highest BCUT2D eigenvalue weighted by molar-refractivity contribution is 6.01. The van der Waals surface area contributed by atoms with Crippen molar-refractivity contribution in [1.29, 1.82) is 0 Å². The summed E-state index contributed by atoms with van der Waals surface area (Å²) in [6.45, 7) is 1.00. The zero-order valence-electron chi connectivity index (χ0n) is 13.8. The molecule has 3 amide bonds. The van der Waals surface area contributed by atoms with Crippen molar-refractivity contribution in [2.75, 3.05) is 13.1 Å². The molecular weight excluding hydrogens is 324 g/mol. The van der Waals surface area contributed by atoms with Crippen LogP contribution in [0, 0.1) is 5.92 Å². The van der Waals surface area contributed by atoms with E-state index in [2.05, 4.69) is 0 Å². The number of carboxylic acid groups (broad SMARTS) is 1. The highest BCUT2D eigenvalue weighted by Gasteiger charge is 2.30. The van der Waals surface area contributed by atoms with Gasteiger partial charge in [0.05, 0.1) is 12.5 Å². The molecule has 7 heteroatoms. The predicted octanol–water partition coefficient (Wildman–Crippen LogP) is 1.27. The van der Waals surface area contributed by atoms with Gasteiger partial charge in [0.2, 0.25) is 11.8 Å². The van der Waals surface area contributed by atoms with E-state index < -0.39 is 11.9 Å². The summed E-state index contributed by atoms with van der Waals surface area (Å²) in [4.78, 5) is 49.8. The molecule has 1 unspecified atom stereocenters. The van der Waals surface area contributed by atoms with Crippen LogP contribution in [0.15, 0.2) is 24.3 Å². The number of nitrogens with zero attached hydrogens (tertiary/aromatic N) is 2. The Morgan fingerprint density at radius 2 is 1.72 bits per heavy atom. The van der Waals surface area contributed by atoms with Crippen LogP contribution in [0.3, 0.4) is 0 Å². The van der Waals surface area contributed by atoms with Gasteiger partial charge in [-0.15, -0.1) is 0 Å². The lowest BCUT2D eigenvalue weighted by Gasteiger charge is -2.30. The van der Waals surface area contributed by atoms with E-state index in [1.54, 1.807) is 29.2 Å². The third-order valence-electron chi connectivity index (χ3n) is 4.75. The molecule has 0 aromatic heterocycles. The van der Waals surface area contributed by atoms with Gasteiger partial charge in [-0.1, -0.05) is 12.1 Å². The maximum atomic E-state index is 12.5. The van der Waals surface area contributed by atoms with Gasteiger partial charge < -0.3 is 10.0 Å². The van der Waals surface area contributed by atoms with Crippen LogP contribution in [-0.4, -0.2) is 51.7 Å². The molecule has 1 aromatic carbocycles. The molecule has 7 nitrogen and oxygen atoms in total. The summed E-state index contributed by atoms with van der Waals surface area (Å²) in [5.41, 5.74) is 1.26. The Labute approximate surface area is 145 Å². The van der Waals surface area contributed by atoms with Gasteiger partial charge in [0.1, 0.15) is 0 Å². The monoisotopic (exact) mass is 344 g/mol. The molecule has 25 heavy (non-hydrogen) atoms. The van der Waals surface area contributed by atoms with Crippen LogP contribution >= 0.6 is 0 Å². The van der Waals surface area contributed by atoms with E-state index in [1.165, 1.54) is 4.90 Å². The van der Waals surface area contributed by atoms with E-state index in [0.717, 1.165) is 5.56 Å². The first-order valence-corrected chi connectivity index (χ1v) is 8.40. The summed E-state index contributed by atoms with van der Waals surface area (Å²) in [7, 11) is 0. The number of hydrogen-bond acceptors (Lipinski definition) is 4. The van der Waals surface area contributed by atoms with Crippen LogP contribution in [0.1, 0.15) is 41.6 Å². The molecule has 0 bridgehead atoms. The van der Waals surface area contributed by atoms with Crippen molar-refractivity contribution in [2.45, 2.75) is 32.2 Å². The first-order valence-electron chi connectivity index (χ1n) is 8.40. The minimum atomic E-state index is -0.868. The summed E-state index contributed by atoms with van der Waals surface area (Å²) >= 11 is 0. The van der Waals surface area contributed by atoms with Crippen LogP contribution in [0.4, 0.5) is 0 Å². The first-order chi connectivity index (χ1) is 12.0. The Morgan fingerprint density at radius 3 is 2.32 bits per heavy atom. The van der Waals surface area contributed by atoms with Gasteiger partial charge in [-0.2, -0.15) is 0 Å². The number of piperidine rings is 1. The van der Waals surface area contributed by atoms with Gasteiger partial charge in [-0.05, 0) is 30.5 Å². The number of rotatable bonds is 4. The maximum absolute atomic E-state index is 12.5. The molecule has 1 N–H and O–H groups in total. The molecule has 2 aliphatic rings. The van der Waals surface area contributed by atoms with Gasteiger partial charge >= 0.3 is 5.97 Å². The third kappa shape index (κ3) is 3.70. The summed E-state index contributed by atoms with van der Waals surface area (Å²) in [6, 6.07) is 6.77. The lowest BCUT2D eigenvalue weighted by Crippen LogP contribution is -2.42. The third-order valence-corrected chi connectivity index (χ3v) is 4.75. The minimum absolute atomic E-state index is 0.168. The van der Waals surface area contributed by atoms with Gasteiger partial charge in [0.25, 0.3) is 5.91 Å². The van der Waals surface area contributed by atoms with E-state index in [9.17, 15) is 19.2 Å². The van der Waals surface area contributed by atoms with Crippen molar-refractivity contribution in [3.05, 3.63) is 35.4 Å². The van der Waals surface area contributed by atoms with Crippen LogP contribution in [0.2, 0.25) is 0 Å². The molecule has 0 aliphatic carbocycles. The number of aliphatic carboxylic acids is 1. The molecule has 0 spiro atoms. The Bertz CT molecular complexity index is 697. The van der Waals surface area contributed by atoms with Crippen molar-refractivity contribution < 1.29 is 24.3 Å². The second kappa shape index (κ2) is 7.04. The molecule has 0 saturated carbocycles. The second-order valence-corrected chi connectivity index (χ2v) is 6.50. The highest BCUT2D eigenvalue weighted by atomic mass is 16.4. The van der Waals surface area contributed by atoms with Crippen LogP contribution < -0.4 is 0 Å². The topological polar surface area (TPSA) is 95.0 Å². The fraction of sp³-hybridized carbons (Fsp3) is 0.444. The number of likely N-dealkylation sites (tertiary alicyclic amines) is 2. The number of hydrogen-bond donors (Lipinski definition) is 1. The number of amides is 3. The van der Waals surface area contributed by atoms with Crippen molar-refractivity contribution >= 4 is 23.7 Å². The Hall–Kier alpha value is -2.70. The highest BCUT2D eigenvalue weighted by Crippen LogP contribution is 2.20. The molecule has 132 valence electrons. The Kier molecular flexibility index (Phi) is 4.83. The fourth-order valence-electron chi connectivity index (χ4n) is 3.28. The Balaban J connectivity index is 1.65. The van der Waals surface area contributed by atoms with E-state index >= 15 is 0 Å². The van der Waals surface area contributed by atoms with Crippen molar-refractivity contribution in [3.8, 4) is 0 Å². The summed E-state index contributed by atoms with van der Waals surface area (Å²) in [6.07, 6.45) is 1.79. The summed E-state index contributed by atoms with van der Waals surface area (Å²) in [5, 5.41) is 9.13. The van der Waals surface area contributed by atoms with E-state index in [-0.39, 0.29) is 43.7 Å². The summed E-state index contributed by atoms with van der Waals surface area (Å²) < 4.78 is 0. The molecule has 2 saturated heterocycles. The smallest absolute Gasteiger partial charge is 0.308 e. The SMILES string of the molecule is O=C(O)C1CCCN(C(=O)c2ccc(CN3C(=O)CCC3=O)cc2)C1. The molecule has 3 rings (SSSR count). The van der Waals surface area contributed by atoms with Crippen LogP contribution in [0.25, 0.3) is 0 Å². The zero-order chi connectivity index (χ0) is 18.0. The lowest BCUT2D eigenvalue weighted by atomic mass is 9.97. The fourth-order valence-corrected chi connectivity index (χ4v) is 3.28. The van der Waals surface area contributed by atoms with Gasteiger partial charge in [-0.25, -0.2) is 0 Å².